The molecule has 0 heterocycles. The summed E-state index contributed by atoms with van der Waals surface area (Å²) in [5, 5.41) is 11.1. The highest BCUT2D eigenvalue weighted by molar-refractivity contribution is 5.70. The third-order valence-electron chi connectivity index (χ3n) is 3.98. The van der Waals surface area contributed by atoms with Crippen molar-refractivity contribution < 1.29 is 14.5 Å². The zero-order valence-electron chi connectivity index (χ0n) is 14.1. The van der Waals surface area contributed by atoms with Crippen LogP contribution >= 0.6 is 0 Å². The van der Waals surface area contributed by atoms with Gasteiger partial charge in [-0.05, 0) is 44.4 Å². The third-order valence-corrected chi connectivity index (χ3v) is 3.98. The van der Waals surface area contributed by atoms with Gasteiger partial charge in [-0.1, -0.05) is 35.9 Å². The van der Waals surface area contributed by atoms with E-state index in [1.807, 2.05) is 26.0 Å². The van der Waals surface area contributed by atoms with Crippen LogP contribution in [0, 0.1) is 24.0 Å². The van der Waals surface area contributed by atoms with E-state index in [2.05, 4.69) is 6.07 Å². The number of rotatable bonds is 6. The second kappa shape index (κ2) is 7.73. The van der Waals surface area contributed by atoms with Crippen molar-refractivity contribution in [2.75, 3.05) is 0 Å². The van der Waals surface area contributed by atoms with Crippen LogP contribution in [-0.4, -0.2) is 10.9 Å². The standard InChI is InChI=1S/C19H21NO4/c1-13-8-9-16(14(2)12-13)10-11-19(21)24-15(3)17-6-4-5-7-18(17)20(22)23/h4-9,12,15H,10-11H2,1-3H3. The Hall–Kier alpha value is -2.69. The van der Waals surface area contributed by atoms with Crippen LogP contribution in [-0.2, 0) is 16.0 Å². The van der Waals surface area contributed by atoms with Crippen molar-refractivity contribution in [2.45, 2.75) is 39.7 Å². The molecule has 0 fully saturated rings. The number of carbonyl (C=O) groups is 1. The number of aryl methyl sites for hydroxylation is 3. The largest absolute Gasteiger partial charge is 0.457 e. The molecular formula is C19H21NO4. The van der Waals surface area contributed by atoms with E-state index in [9.17, 15) is 14.9 Å². The molecule has 24 heavy (non-hydrogen) atoms. The minimum atomic E-state index is -0.654. The molecule has 0 N–H and O–H groups in total. The summed E-state index contributed by atoms with van der Waals surface area (Å²) < 4.78 is 5.37. The molecule has 0 radical (unpaired) electrons. The SMILES string of the molecule is Cc1ccc(CCC(=O)OC(C)c2ccccc2[N+](=O)[O-])c(C)c1. The lowest BCUT2D eigenvalue weighted by molar-refractivity contribution is -0.386. The molecule has 0 aliphatic carbocycles. The highest BCUT2D eigenvalue weighted by Crippen LogP contribution is 2.27. The molecule has 5 heteroatoms. The van der Waals surface area contributed by atoms with Gasteiger partial charge in [-0.2, -0.15) is 0 Å². The summed E-state index contributed by atoms with van der Waals surface area (Å²) in [5.41, 5.74) is 3.81. The number of nitro groups is 1. The molecule has 0 aromatic heterocycles. The number of esters is 1. The summed E-state index contributed by atoms with van der Waals surface area (Å²) >= 11 is 0. The predicted molar refractivity (Wildman–Crippen MR) is 91.8 cm³/mol. The Morgan fingerprint density at radius 1 is 1.21 bits per heavy atom. The predicted octanol–water partition coefficient (Wildman–Crippen LogP) is 4.45. The van der Waals surface area contributed by atoms with E-state index in [4.69, 9.17) is 4.74 Å². The van der Waals surface area contributed by atoms with Crippen LogP contribution in [0.3, 0.4) is 0 Å². The lowest BCUT2D eigenvalue weighted by atomic mass is 10.0. The maximum absolute atomic E-state index is 12.1. The molecule has 2 rings (SSSR count). The van der Waals surface area contributed by atoms with Crippen LogP contribution in [0.15, 0.2) is 42.5 Å². The van der Waals surface area contributed by atoms with Crippen LogP contribution in [0.1, 0.15) is 41.7 Å². The fourth-order valence-corrected chi connectivity index (χ4v) is 2.68. The normalized spacial score (nSPS) is 11.8. The van der Waals surface area contributed by atoms with E-state index in [0.29, 0.717) is 12.0 Å². The van der Waals surface area contributed by atoms with Gasteiger partial charge >= 0.3 is 5.97 Å². The molecule has 0 saturated heterocycles. The van der Waals surface area contributed by atoms with Crippen molar-refractivity contribution in [3.63, 3.8) is 0 Å². The quantitative estimate of drug-likeness (QED) is 0.446. The summed E-state index contributed by atoms with van der Waals surface area (Å²) in [4.78, 5) is 22.7. The minimum Gasteiger partial charge on any atom is -0.457 e. The molecule has 0 amide bonds. The Labute approximate surface area is 141 Å². The zero-order chi connectivity index (χ0) is 17.7. The Kier molecular flexibility index (Phi) is 5.68. The van der Waals surface area contributed by atoms with Crippen molar-refractivity contribution in [1.82, 2.24) is 0 Å². The van der Waals surface area contributed by atoms with E-state index in [-0.39, 0.29) is 18.1 Å². The van der Waals surface area contributed by atoms with E-state index in [1.54, 1.807) is 25.1 Å². The van der Waals surface area contributed by atoms with E-state index in [1.165, 1.54) is 11.6 Å². The number of hydrogen-bond acceptors (Lipinski definition) is 4. The lowest BCUT2D eigenvalue weighted by Gasteiger charge is -2.14. The van der Waals surface area contributed by atoms with Gasteiger partial charge in [-0.25, -0.2) is 0 Å². The van der Waals surface area contributed by atoms with Gasteiger partial charge in [0.15, 0.2) is 0 Å². The molecule has 126 valence electrons. The molecule has 1 atom stereocenters. The van der Waals surface area contributed by atoms with E-state index < -0.39 is 11.0 Å². The first-order chi connectivity index (χ1) is 11.4. The van der Waals surface area contributed by atoms with Gasteiger partial charge in [0.2, 0.25) is 0 Å². The molecule has 2 aromatic rings. The highest BCUT2D eigenvalue weighted by atomic mass is 16.6. The van der Waals surface area contributed by atoms with Gasteiger partial charge in [0.05, 0.1) is 10.5 Å². The molecule has 0 saturated carbocycles. The van der Waals surface area contributed by atoms with Crippen LogP contribution in [0.25, 0.3) is 0 Å². The summed E-state index contributed by atoms with van der Waals surface area (Å²) in [6.07, 6.45) is 0.182. The first-order valence-corrected chi connectivity index (χ1v) is 7.87. The molecule has 5 nitrogen and oxygen atoms in total. The molecule has 0 bridgehead atoms. The number of nitro benzene ring substituents is 1. The van der Waals surface area contributed by atoms with E-state index in [0.717, 1.165) is 11.1 Å². The van der Waals surface area contributed by atoms with Gasteiger partial charge in [-0.15, -0.1) is 0 Å². The maximum atomic E-state index is 12.1. The third kappa shape index (κ3) is 4.41. The first kappa shape index (κ1) is 17.7. The van der Waals surface area contributed by atoms with Crippen molar-refractivity contribution >= 4 is 11.7 Å². The fourth-order valence-electron chi connectivity index (χ4n) is 2.68. The van der Waals surface area contributed by atoms with Gasteiger partial charge in [0.1, 0.15) is 6.10 Å². The van der Waals surface area contributed by atoms with Gasteiger partial charge in [-0.3, -0.25) is 14.9 Å². The number of para-hydroxylation sites is 1. The zero-order valence-corrected chi connectivity index (χ0v) is 14.1. The molecule has 0 spiro atoms. The fraction of sp³-hybridized carbons (Fsp3) is 0.316. The minimum absolute atomic E-state index is 0.0350. The Bertz CT molecular complexity index is 755. The Morgan fingerprint density at radius 3 is 2.58 bits per heavy atom. The lowest BCUT2D eigenvalue weighted by Crippen LogP contribution is -2.11. The van der Waals surface area contributed by atoms with Crippen molar-refractivity contribution in [3.8, 4) is 0 Å². The number of carbonyl (C=O) groups excluding carboxylic acids is 1. The van der Waals surface area contributed by atoms with Crippen molar-refractivity contribution in [1.29, 1.82) is 0 Å². The Morgan fingerprint density at radius 2 is 1.92 bits per heavy atom. The molecule has 0 aliphatic heterocycles. The monoisotopic (exact) mass is 327 g/mol. The number of nitrogens with zero attached hydrogens (tertiary/aromatic N) is 1. The molecular weight excluding hydrogens is 306 g/mol. The van der Waals surface area contributed by atoms with Gasteiger partial charge in [0.25, 0.3) is 5.69 Å². The molecule has 2 aromatic carbocycles. The second-order valence-electron chi connectivity index (χ2n) is 5.88. The maximum Gasteiger partial charge on any atom is 0.306 e. The second-order valence-corrected chi connectivity index (χ2v) is 5.88. The topological polar surface area (TPSA) is 69.4 Å². The first-order valence-electron chi connectivity index (χ1n) is 7.87. The van der Waals surface area contributed by atoms with Gasteiger partial charge in [0, 0.05) is 12.5 Å². The van der Waals surface area contributed by atoms with Crippen LogP contribution in [0.2, 0.25) is 0 Å². The smallest absolute Gasteiger partial charge is 0.306 e. The van der Waals surface area contributed by atoms with E-state index >= 15 is 0 Å². The van der Waals surface area contributed by atoms with Gasteiger partial charge < -0.3 is 4.74 Å². The summed E-state index contributed by atoms with van der Waals surface area (Å²) in [7, 11) is 0. The highest BCUT2D eigenvalue weighted by Gasteiger charge is 2.21. The Balaban J connectivity index is 1.98. The average Bonchev–Trinajstić information content (AvgIpc) is 2.54. The summed E-state index contributed by atoms with van der Waals surface area (Å²) in [6, 6.07) is 12.4. The number of hydrogen-bond donors (Lipinski definition) is 0. The van der Waals surface area contributed by atoms with Crippen molar-refractivity contribution in [3.05, 3.63) is 74.8 Å². The van der Waals surface area contributed by atoms with Crippen LogP contribution in [0.5, 0.6) is 0 Å². The molecule has 0 aliphatic rings. The molecule has 1 unspecified atom stereocenters. The summed E-state index contributed by atoms with van der Waals surface area (Å²) in [6.45, 7) is 5.69. The van der Waals surface area contributed by atoms with Crippen LogP contribution in [0.4, 0.5) is 5.69 Å². The van der Waals surface area contributed by atoms with Crippen molar-refractivity contribution in [2.24, 2.45) is 0 Å². The summed E-state index contributed by atoms with van der Waals surface area (Å²) in [5.74, 6) is -0.361. The number of ether oxygens (including phenoxy) is 1. The number of benzene rings is 2. The van der Waals surface area contributed by atoms with Crippen LogP contribution < -0.4 is 0 Å². The average molecular weight is 327 g/mol.